The molecule has 0 aliphatic carbocycles. The van der Waals surface area contributed by atoms with E-state index in [1.54, 1.807) is 0 Å². The van der Waals surface area contributed by atoms with Crippen molar-refractivity contribution in [3.05, 3.63) is 218 Å². The Balaban J connectivity index is 1.12. The molecule has 0 fully saturated rings. The van der Waals surface area contributed by atoms with Crippen molar-refractivity contribution in [3.63, 3.8) is 0 Å². The van der Waals surface area contributed by atoms with E-state index >= 15 is 0 Å². The van der Waals surface area contributed by atoms with E-state index in [0.29, 0.717) is 40.5 Å². The molecule has 0 spiro atoms. The molecule has 0 bridgehead atoms. The minimum absolute atomic E-state index is 0.574. The summed E-state index contributed by atoms with van der Waals surface area (Å²) in [5, 5.41) is 9.73. The predicted octanol–water partition coefficient (Wildman–Crippen LogP) is 12.9. The van der Waals surface area contributed by atoms with Crippen LogP contribution in [0.1, 0.15) is 5.56 Å². The molecule has 0 saturated heterocycles. The monoisotopic (exact) mass is 793 g/mol. The van der Waals surface area contributed by atoms with Crippen LogP contribution in [0.3, 0.4) is 0 Å². The zero-order valence-corrected chi connectivity index (χ0v) is 33.3. The molecule has 10 aromatic rings. The van der Waals surface area contributed by atoms with Crippen LogP contribution in [0.4, 0.5) is 0 Å². The average Bonchev–Trinajstić information content (AvgIpc) is 3.37. The van der Waals surface area contributed by atoms with Gasteiger partial charge in [0.1, 0.15) is 0 Å². The zero-order chi connectivity index (χ0) is 41.7. The first-order valence-electron chi connectivity index (χ1n) is 20.3. The SMILES string of the molecule is N#Cc1ccc(-c2c(-c3cccc(-c4nc(-c5ccccc5)nc(-c5ccccc5)n4)c3)cccc2-c2cccc(-c3nc(-c4ccccc4)nc(-c4ccccc4)n3)c2)cc1. The van der Waals surface area contributed by atoms with Gasteiger partial charge in [-0.2, -0.15) is 5.26 Å². The summed E-state index contributed by atoms with van der Waals surface area (Å²) in [5.41, 5.74) is 11.9. The van der Waals surface area contributed by atoms with Crippen molar-refractivity contribution in [3.8, 4) is 108 Å². The van der Waals surface area contributed by atoms with E-state index in [9.17, 15) is 5.26 Å². The van der Waals surface area contributed by atoms with Crippen LogP contribution in [0.15, 0.2) is 212 Å². The molecule has 0 atom stereocenters. The van der Waals surface area contributed by atoms with Gasteiger partial charge in [0.25, 0.3) is 0 Å². The minimum atomic E-state index is 0.574. The summed E-state index contributed by atoms with van der Waals surface area (Å²) in [7, 11) is 0. The van der Waals surface area contributed by atoms with Crippen LogP contribution in [-0.2, 0) is 0 Å². The molecule has 2 aromatic heterocycles. The Kier molecular flexibility index (Phi) is 10.2. The fourth-order valence-electron chi connectivity index (χ4n) is 7.58. The number of hydrogen-bond acceptors (Lipinski definition) is 7. The molecular weight excluding hydrogens is 759 g/mol. The van der Waals surface area contributed by atoms with E-state index in [1.165, 1.54) is 0 Å². The molecule has 0 unspecified atom stereocenters. The van der Waals surface area contributed by atoms with E-state index in [0.717, 1.165) is 66.8 Å². The summed E-state index contributed by atoms with van der Waals surface area (Å²) in [6.45, 7) is 0. The van der Waals surface area contributed by atoms with Crippen LogP contribution < -0.4 is 0 Å². The van der Waals surface area contributed by atoms with Gasteiger partial charge in [0.15, 0.2) is 34.9 Å². The maximum absolute atomic E-state index is 9.73. The first-order chi connectivity index (χ1) is 30.7. The van der Waals surface area contributed by atoms with Gasteiger partial charge in [-0.3, -0.25) is 0 Å². The second-order valence-electron chi connectivity index (χ2n) is 14.7. The third-order valence-corrected chi connectivity index (χ3v) is 10.6. The van der Waals surface area contributed by atoms with E-state index in [1.807, 2.05) is 170 Å². The Bertz CT molecular complexity index is 2920. The average molecular weight is 794 g/mol. The van der Waals surface area contributed by atoms with Gasteiger partial charge in [-0.25, -0.2) is 29.9 Å². The van der Waals surface area contributed by atoms with Crippen LogP contribution in [0.2, 0.25) is 0 Å². The summed E-state index contributed by atoms with van der Waals surface area (Å²) in [4.78, 5) is 29.9. The van der Waals surface area contributed by atoms with Gasteiger partial charge in [0.05, 0.1) is 11.6 Å². The lowest BCUT2D eigenvalue weighted by atomic mass is 9.86. The summed E-state index contributed by atoms with van der Waals surface area (Å²) >= 11 is 0. The molecule has 0 saturated carbocycles. The second kappa shape index (κ2) is 16.9. The summed E-state index contributed by atoms with van der Waals surface area (Å²) < 4.78 is 0. The molecule has 7 nitrogen and oxygen atoms in total. The van der Waals surface area contributed by atoms with E-state index in [2.05, 4.69) is 48.5 Å². The van der Waals surface area contributed by atoms with Crippen molar-refractivity contribution in [1.29, 1.82) is 5.26 Å². The molecule has 7 heteroatoms. The van der Waals surface area contributed by atoms with E-state index in [-0.39, 0.29) is 0 Å². The smallest absolute Gasteiger partial charge is 0.164 e. The lowest BCUT2D eigenvalue weighted by Crippen LogP contribution is -2.00. The molecular formula is C55H35N7. The highest BCUT2D eigenvalue weighted by Crippen LogP contribution is 2.42. The van der Waals surface area contributed by atoms with Gasteiger partial charge in [-0.15, -0.1) is 0 Å². The maximum Gasteiger partial charge on any atom is 0.164 e. The number of benzene rings is 8. The van der Waals surface area contributed by atoms with Crippen molar-refractivity contribution in [2.24, 2.45) is 0 Å². The Labute approximate surface area is 359 Å². The van der Waals surface area contributed by atoms with E-state index in [4.69, 9.17) is 29.9 Å². The quantitative estimate of drug-likeness (QED) is 0.143. The zero-order valence-electron chi connectivity index (χ0n) is 33.3. The Morgan fingerprint density at radius 1 is 0.258 bits per heavy atom. The maximum atomic E-state index is 9.73. The highest BCUT2D eigenvalue weighted by atomic mass is 15.0. The van der Waals surface area contributed by atoms with Gasteiger partial charge in [0.2, 0.25) is 0 Å². The molecule has 0 radical (unpaired) electrons. The fourth-order valence-corrected chi connectivity index (χ4v) is 7.58. The second-order valence-corrected chi connectivity index (χ2v) is 14.7. The molecule has 0 aliphatic heterocycles. The number of aromatic nitrogens is 6. The molecule has 290 valence electrons. The molecule has 0 amide bonds. The number of nitrogens with zero attached hydrogens (tertiary/aromatic N) is 7. The van der Waals surface area contributed by atoms with Gasteiger partial charge >= 0.3 is 0 Å². The van der Waals surface area contributed by atoms with Gasteiger partial charge < -0.3 is 0 Å². The van der Waals surface area contributed by atoms with Crippen molar-refractivity contribution < 1.29 is 0 Å². The number of hydrogen-bond donors (Lipinski definition) is 0. The Morgan fingerprint density at radius 3 is 0.887 bits per heavy atom. The number of rotatable bonds is 9. The highest BCUT2D eigenvalue weighted by molar-refractivity contribution is 5.95. The molecule has 0 aliphatic rings. The molecule has 8 aromatic carbocycles. The molecule has 10 rings (SSSR count). The highest BCUT2D eigenvalue weighted by Gasteiger charge is 2.19. The summed E-state index contributed by atoms with van der Waals surface area (Å²) in [5.74, 6) is 3.56. The first kappa shape index (κ1) is 37.5. The van der Waals surface area contributed by atoms with Crippen molar-refractivity contribution in [1.82, 2.24) is 29.9 Å². The predicted molar refractivity (Wildman–Crippen MR) is 247 cm³/mol. The van der Waals surface area contributed by atoms with E-state index < -0.39 is 0 Å². The third-order valence-electron chi connectivity index (χ3n) is 10.6. The Hall–Kier alpha value is -8.73. The summed E-state index contributed by atoms with van der Waals surface area (Å²) in [6.07, 6.45) is 0. The largest absolute Gasteiger partial charge is 0.208 e. The third kappa shape index (κ3) is 7.75. The van der Waals surface area contributed by atoms with Crippen LogP contribution in [0.5, 0.6) is 0 Å². The van der Waals surface area contributed by atoms with Crippen molar-refractivity contribution >= 4 is 0 Å². The van der Waals surface area contributed by atoms with Crippen molar-refractivity contribution in [2.45, 2.75) is 0 Å². The van der Waals surface area contributed by atoms with Gasteiger partial charge in [0, 0.05) is 33.4 Å². The van der Waals surface area contributed by atoms with Crippen LogP contribution in [-0.4, -0.2) is 29.9 Å². The van der Waals surface area contributed by atoms with Crippen LogP contribution in [0.25, 0.3) is 102 Å². The summed E-state index contributed by atoms with van der Waals surface area (Å²) in [6, 6.07) is 73.1. The standard InChI is InChI=1S/C55H35N7/c56-36-37-30-32-38(33-31-37)49-47(43-24-13-26-45(34-43)54-59-50(39-16-5-1-6-17-39)57-51(60-54)40-18-7-2-8-19-40)28-15-29-48(49)44-25-14-27-46(35-44)55-61-52(41-20-9-3-10-21-41)58-53(62-55)42-22-11-4-12-23-42/h1-35H. The molecule has 62 heavy (non-hydrogen) atoms. The normalized spacial score (nSPS) is 10.9. The topological polar surface area (TPSA) is 101 Å². The lowest BCUT2D eigenvalue weighted by molar-refractivity contribution is 1.07. The van der Waals surface area contributed by atoms with Gasteiger partial charge in [-0.05, 0) is 57.6 Å². The van der Waals surface area contributed by atoms with Crippen molar-refractivity contribution in [2.75, 3.05) is 0 Å². The van der Waals surface area contributed by atoms with Crippen LogP contribution in [0, 0.1) is 11.3 Å². The minimum Gasteiger partial charge on any atom is -0.208 e. The lowest BCUT2D eigenvalue weighted by Gasteiger charge is -2.18. The first-order valence-corrected chi connectivity index (χ1v) is 20.3. The Morgan fingerprint density at radius 2 is 0.548 bits per heavy atom. The fraction of sp³-hybridized carbons (Fsp3) is 0. The van der Waals surface area contributed by atoms with Gasteiger partial charge in [-0.1, -0.05) is 188 Å². The molecule has 0 N–H and O–H groups in total. The van der Waals surface area contributed by atoms with Crippen LogP contribution >= 0.6 is 0 Å². The number of nitriles is 1. The molecule has 2 heterocycles.